The van der Waals surface area contributed by atoms with Crippen LogP contribution in [-0.4, -0.2) is 29.2 Å². The molecule has 0 atom stereocenters. The molecule has 0 saturated carbocycles. The van der Waals surface area contributed by atoms with Gasteiger partial charge in [-0.1, -0.05) is 54.1 Å². The molecule has 0 fully saturated rings. The number of carboxylic acid groups (broad SMARTS) is 1. The number of carbonyl (C=O) groups is 1. The monoisotopic (exact) mass is 553 g/mol. The van der Waals surface area contributed by atoms with Gasteiger partial charge in [-0.2, -0.15) is 0 Å². The zero-order valence-corrected chi connectivity index (χ0v) is 23.8. The molecule has 6 nitrogen and oxygen atoms in total. The number of benzene rings is 3. The third kappa shape index (κ3) is 5.25. The fraction of sp³-hybridized carbons (Fsp3) is 0.212. The molecule has 2 aromatic heterocycles. The highest BCUT2D eigenvalue weighted by molar-refractivity contribution is 7.21. The Hall–Kier alpha value is -4.36. The Morgan fingerprint density at radius 3 is 2.52 bits per heavy atom. The minimum absolute atomic E-state index is 0.0726. The molecule has 3 aromatic carbocycles. The number of nitrogens with zero attached hydrogens (tertiary/aromatic N) is 1. The van der Waals surface area contributed by atoms with E-state index in [4.69, 9.17) is 9.47 Å². The molecule has 0 aliphatic heterocycles. The van der Waals surface area contributed by atoms with E-state index in [1.165, 1.54) is 27.4 Å². The number of allylic oxidation sites excluding steroid dienone is 1. The van der Waals surface area contributed by atoms with E-state index in [1.807, 2.05) is 49.4 Å². The van der Waals surface area contributed by atoms with Gasteiger partial charge in [-0.3, -0.25) is 9.20 Å². The summed E-state index contributed by atoms with van der Waals surface area (Å²) in [4.78, 5) is 26.9. The molecule has 1 N–H and O–H groups in total. The minimum atomic E-state index is -1.17. The molecule has 7 heteroatoms. The first-order chi connectivity index (χ1) is 19.3. The van der Waals surface area contributed by atoms with Gasteiger partial charge in [-0.05, 0) is 72.9 Å². The van der Waals surface area contributed by atoms with E-state index < -0.39 is 11.5 Å². The van der Waals surface area contributed by atoms with Crippen molar-refractivity contribution in [1.82, 2.24) is 4.40 Å². The third-order valence-electron chi connectivity index (χ3n) is 6.88. The summed E-state index contributed by atoms with van der Waals surface area (Å²) in [5, 5.41) is 12.4. The number of rotatable bonds is 9. The van der Waals surface area contributed by atoms with Crippen LogP contribution in [0.15, 0.2) is 83.2 Å². The summed E-state index contributed by atoms with van der Waals surface area (Å²) in [5.41, 5.74) is 4.14. The number of thiazole rings is 1. The Morgan fingerprint density at radius 2 is 1.80 bits per heavy atom. The van der Waals surface area contributed by atoms with Crippen molar-refractivity contribution in [2.24, 2.45) is 0 Å². The first-order valence-electron chi connectivity index (χ1n) is 13.1. The van der Waals surface area contributed by atoms with Gasteiger partial charge in [-0.15, -0.1) is 11.3 Å². The smallest absolute Gasteiger partial charge is 0.354 e. The highest BCUT2D eigenvalue weighted by Crippen LogP contribution is 2.40. The molecule has 5 aromatic rings. The van der Waals surface area contributed by atoms with Gasteiger partial charge in [0.25, 0.3) is 5.56 Å². The zero-order valence-electron chi connectivity index (χ0n) is 23.0. The van der Waals surface area contributed by atoms with Gasteiger partial charge in [0.1, 0.15) is 10.6 Å². The number of fused-ring (bicyclic) bond motifs is 2. The molecule has 2 heterocycles. The summed E-state index contributed by atoms with van der Waals surface area (Å²) in [6, 6.07) is 21.3. The molecule has 0 aliphatic carbocycles. The summed E-state index contributed by atoms with van der Waals surface area (Å²) >= 11 is 1.25. The van der Waals surface area contributed by atoms with Crippen LogP contribution in [0.2, 0.25) is 0 Å². The maximum atomic E-state index is 13.4. The van der Waals surface area contributed by atoms with Gasteiger partial charge < -0.3 is 14.6 Å². The molecule has 0 radical (unpaired) electrons. The maximum Gasteiger partial charge on any atom is 0.354 e. The van der Waals surface area contributed by atoms with Crippen LogP contribution in [0.25, 0.3) is 26.0 Å². The zero-order chi connectivity index (χ0) is 28.4. The van der Waals surface area contributed by atoms with E-state index in [-0.39, 0.29) is 5.69 Å². The van der Waals surface area contributed by atoms with Crippen LogP contribution in [-0.2, 0) is 6.42 Å². The number of carboxylic acids is 1. The van der Waals surface area contributed by atoms with Crippen molar-refractivity contribution in [3.05, 3.63) is 111 Å². The molecule has 204 valence electrons. The van der Waals surface area contributed by atoms with E-state index >= 15 is 0 Å². The molecule has 0 unspecified atom stereocenters. The average Bonchev–Trinajstić information content (AvgIpc) is 3.34. The lowest BCUT2D eigenvalue weighted by molar-refractivity contribution is 0.0690. The van der Waals surface area contributed by atoms with Crippen molar-refractivity contribution in [3.63, 3.8) is 0 Å². The Balaban J connectivity index is 1.59. The highest BCUT2D eigenvalue weighted by atomic mass is 32.1. The Morgan fingerprint density at radius 1 is 1.02 bits per heavy atom. The number of methoxy groups -OCH3 is 1. The summed E-state index contributed by atoms with van der Waals surface area (Å²) in [7, 11) is 1.55. The molecule has 0 aliphatic rings. The summed E-state index contributed by atoms with van der Waals surface area (Å²) in [6.07, 6.45) is 3.41. The van der Waals surface area contributed by atoms with E-state index in [1.54, 1.807) is 7.11 Å². The lowest BCUT2D eigenvalue weighted by Gasteiger charge is -2.12. The van der Waals surface area contributed by atoms with Gasteiger partial charge in [0.15, 0.2) is 11.4 Å². The summed E-state index contributed by atoms with van der Waals surface area (Å²) in [6.45, 7) is 6.60. The van der Waals surface area contributed by atoms with Gasteiger partial charge in [0.05, 0.1) is 18.6 Å². The van der Waals surface area contributed by atoms with Gasteiger partial charge in [0, 0.05) is 18.1 Å². The number of pyridine rings is 1. The molecule has 0 saturated heterocycles. The fourth-order valence-corrected chi connectivity index (χ4v) is 6.32. The second-order valence-corrected chi connectivity index (χ2v) is 11.0. The maximum absolute atomic E-state index is 13.4. The van der Waals surface area contributed by atoms with Crippen molar-refractivity contribution in [2.75, 3.05) is 13.7 Å². The molecule has 0 spiro atoms. The highest BCUT2D eigenvalue weighted by Gasteiger charge is 2.25. The van der Waals surface area contributed by atoms with Crippen LogP contribution in [0.1, 0.15) is 47.4 Å². The Kier molecular flexibility index (Phi) is 7.76. The van der Waals surface area contributed by atoms with Gasteiger partial charge in [0.2, 0.25) is 0 Å². The van der Waals surface area contributed by atoms with E-state index in [0.29, 0.717) is 39.6 Å². The van der Waals surface area contributed by atoms with Gasteiger partial charge >= 0.3 is 5.97 Å². The molecule has 5 rings (SSSR count). The van der Waals surface area contributed by atoms with Crippen molar-refractivity contribution >= 4 is 32.9 Å². The predicted octanol–water partition coefficient (Wildman–Crippen LogP) is 7.52. The predicted molar refractivity (Wildman–Crippen MR) is 162 cm³/mol. The Labute approximate surface area is 236 Å². The minimum Gasteiger partial charge on any atom is -0.493 e. The van der Waals surface area contributed by atoms with E-state index in [2.05, 4.69) is 38.1 Å². The van der Waals surface area contributed by atoms with Crippen LogP contribution >= 0.6 is 11.3 Å². The average molecular weight is 554 g/mol. The van der Waals surface area contributed by atoms with E-state index in [9.17, 15) is 14.7 Å². The number of ether oxygens (including phenoxy) is 2. The summed E-state index contributed by atoms with van der Waals surface area (Å²) in [5.74, 6) is 0.0742. The number of hydrogen-bond acceptors (Lipinski definition) is 5. The van der Waals surface area contributed by atoms with Gasteiger partial charge in [-0.25, -0.2) is 4.79 Å². The van der Waals surface area contributed by atoms with Crippen LogP contribution in [0.3, 0.4) is 0 Å². The number of aromatic carboxylic acids is 1. The Bertz CT molecular complexity index is 1820. The lowest BCUT2D eigenvalue weighted by Crippen LogP contribution is -2.19. The second-order valence-electron chi connectivity index (χ2n) is 9.98. The summed E-state index contributed by atoms with van der Waals surface area (Å²) < 4.78 is 13.0. The fourth-order valence-electron chi connectivity index (χ4n) is 5.03. The van der Waals surface area contributed by atoms with Crippen LogP contribution in [0, 0.1) is 6.92 Å². The standard InChI is InChI=1S/C33H31NO5S/c1-20(2)9-8-16-39-27-15-14-24(17-21(27)3)31-29(33(36)37)34-28(35)19-25(30(38-4)32(34)40-31)18-23-12-7-11-22-10-5-6-13-26(22)23/h5-7,9-15,17,19H,8,16,18H2,1-4H3,(H,36,37). The van der Waals surface area contributed by atoms with Crippen LogP contribution in [0.4, 0.5) is 0 Å². The van der Waals surface area contributed by atoms with Crippen molar-refractivity contribution in [2.45, 2.75) is 33.6 Å². The van der Waals surface area contributed by atoms with Crippen molar-refractivity contribution in [3.8, 4) is 21.9 Å². The second kappa shape index (κ2) is 11.4. The number of aryl methyl sites for hydroxylation is 1. The third-order valence-corrected chi connectivity index (χ3v) is 8.07. The quantitative estimate of drug-likeness (QED) is 0.151. The molecular formula is C33H31NO5S. The van der Waals surface area contributed by atoms with Crippen molar-refractivity contribution in [1.29, 1.82) is 0 Å². The molecule has 40 heavy (non-hydrogen) atoms. The first kappa shape index (κ1) is 27.2. The molecule has 0 bridgehead atoms. The topological polar surface area (TPSA) is 77.2 Å². The van der Waals surface area contributed by atoms with Crippen LogP contribution in [0.5, 0.6) is 11.5 Å². The lowest BCUT2D eigenvalue weighted by atomic mass is 9.98. The van der Waals surface area contributed by atoms with Crippen molar-refractivity contribution < 1.29 is 19.4 Å². The number of aromatic nitrogens is 1. The largest absolute Gasteiger partial charge is 0.493 e. The van der Waals surface area contributed by atoms with Crippen LogP contribution < -0.4 is 15.0 Å². The molecular weight excluding hydrogens is 522 g/mol. The normalized spacial score (nSPS) is 11.1. The SMILES string of the molecule is COc1c(Cc2cccc3ccccc23)cc(=O)n2c(C(=O)O)c(-c3ccc(OCCC=C(C)C)c(C)c3)sc12. The molecule has 0 amide bonds. The first-order valence-corrected chi connectivity index (χ1v) is 13.9. The van der Waals surface area contributed by atoms with E-state index in [0.717, 1.165) is 34.1 Å². The number of hydrogen-bond donors (Lipinski definition) is 1.